The summed E-state index contributed by atoms with van der Waals surface area (Å²) >= 11 is 0. The molecule has 1 atom stereocenters. The minimum absolute atomic E-state index is 0.118. The molecule has 1 fully saturated rings. The minimum Gasteiger partial charge on any atom is -0.503 e. The molecule has 24 heavy (non-hydrogen) atoms. The number of aromatic nitrogens is 1. The van der Waals surface area contributed by atoms with Gasteiger partial charge in [-0.05, 0) is 12.3 Å². The van der Waals surface area contributed by atoms with Gasteiger partial charge in [0.05, 0.1) is 6.54 Å². The fourth-order valence-corrected chi connectivity index (χ4v) is 3.55. The number of carboxylic acid groups (broad SMARTS) is 1. The molecule has 2 N–H and O–H groups in total. The predicted molar refractivity (Wildman–Crippen MR) is 85.2 cm³/mol. The van der Waals surface area contributed by atoms with E-state index in [2.05, 4.69) is 18.7 Å². The zero-order valence-electron chi connectivity index (χ0n) is 13.7. The normalized spacial score (nSPS) is 20.9. The van der Waals surface area contributed by atoms with Crippen molar-refractivity contribution in [1.29, 1.82) is 0 Å². The van der Waals surface area contributed by atoms with Crippen molar-refractivity contribution in [2.45, 2.75) is 33.0 Å². The van der Waals surface area contributed by atoms with E-state index in [0.29, 0.717) is 19.0 Å². The molecule has 0 radical (unpaired) electrons. The molecule has 8 heteroatoms. The van der Waals surface area contributed by atoms with E-state index < -0.39 is 28.6 Å². The van der Waals surface area contributed by atoms with Gasteiger partial charge in [0, 0.05) is 25.8 Å². The molecule has 1 aromatic rings. The van der Waals surface area contributed by atoms with Gasteiger partial charge in [-0.1, -0.05) is 13.8 Å². The topological polar surface area (TPSA) is 103 Å². The molecule has 0 aromatic carbocycles. The second-order valence-electron chi connectivity index (χ2n) is 6.75. The van der Waals surface area contributed by atoms with E-state index in [-0.39, 0.29) is 11.9 Å². The van der Waals surface area contributed by atoms with Gasteiger partial charge in [0.2, 0.25) is 5.43 Å². The Bertz CT molecular complexity index is 755. The number of carboxylic acids is 1. The number of aromatic carboxylic acids is 1. The molecule has 0 spiro atoms. The van der Waals surface area contributed by atoms with Crippen LogP contribution < -0.4 is 5.43 Å². The van der Waals surface area contributed by atoms with E-state index in [4.69, 9.17) is 5.11 Å². The van der Waals surface area contributed by atoms with Crippen molar-refractivity contribution >= 4 is 11.9 Å². The molecule has 0 bridgehead atoms. The van der Waals surface area contributed by atoms with Crippen LogP contribution in [0.5, 0.6) is 5.75 Å². The van der Waals surface area contributed by atoms with E-state index in [9.17, 15) is 19.5 Å². The molecule has 1 aromatic heterocycles. The highest BCUT2D eigenvalue weighted by Gasteiger charge is 2.40. The first-order valence-corrected chi connectivity index (χ1v) is 8.06. The van der Waals surface area contributed by atoms with Gasteiger partial charge in [-0.15, -0.1) is 0 Å². The number of hydrogen-bond donors (Lipinski definition) is 2. The maximum Gasteiger partial charge on any atom is 0.341 e. The van der Waals surface area contributed by atoms with E-state index >= 15 is 0 Å². The van der Waals surface area contributed by atoms with E-state index in [1.54, 1.807) is 4.90 Å². The van der Waals surface area contributed by atoms with Crippen LogP contribution in [0.3, 0.4) is 0 Å². The van der Waals surface area contributed by atoms with Crippen LogP contribution >= 0.6 is 0 Å². The third-order valence-electron chi connectivity index (χ3n) is 4.54. The molecule has 130 valence electrons. The van der Waals surface area contributed by atoms with Gasteiger partial charge in [0.1, 0.15) is 11.7 Å². The van der Waals surface area contributed by atoms with Crippen LogP contribution in [0.1, 0.15) is 41.1 Å². The Morgan fingerprint density at radius 3 is 2.67 bits per heavy atom. The van der Waals surface area contributed by atoms with Gasteiger partial charge in [-0.2, -0.15) is 0 Å². The number of carbonyl (C=O) groups is 2. The molecule has 3 rings (SSSR count). The maximum atomic E-state index is 12.8. The van der Waals surface area contributed by atoms with Gasteiger partial charge in [-0.25, -0.2) is 4.79 Å². The number of nitrogens with zero attached hydrogens (tertiary/aromatic N) is 3. The molecule has 3 heterocycles. The van der Waals surface area contributed by atoms with Gasteiger partial charge in [0.25, 0.3) is 5.91 Å². The summed E-state index contributed by atoms with van der Waals surface area (Å²) in [5.41, 5.74) is -1.66. The molecule has 2 aliphatic rings. The number of aromatic hydroxyl groups is 1. The Balaban J connectivity index is 2.07. The van der Waals surface area contributed by atoms with Crippen LogP contribution in [0.2, 0.25) is 0 Å². The Labute approximate surface area is 138 Å². The van der Waals surface area contributed by atoms with Crippen molar-refractivity contribution in [3.63, 3.8) is 0 Å². The number of rotatable bonds is 3. The summed E-state index contributed by atoms with van der Waals surface area (Å²) in [6.07, 6.45) is 1.80. The number of carbonyl (C=O) groups excluding carboxylic acids is 1. The molecule has 0 saturated carbocycles. The summed E-state index contributed by atoms with van der Waals surface area (Å²) in [4.78, 5) is 39.8. The molecule has 0 aliphatic carbocycles. The minimum atomic E-state index is -1.41. The van der Waals surface area contributed by atoms with Crippen LogP contribution in [0.4, 0.5) is 0 Å². The number of hydrogen-bond acceptors (Lipinski definition) is 5. The van der Waals surface area contributed by atoms with Crippen LogP contribution in [0, 0.1) is 5.92 Å². The third kappa shape index (κ3) is 2.56. The van der Waals surface area contributed by atoms with E-state index in [1.165, 1.54) is 4.57 Å². The highest BCUT2D eigenvalue weighted by Crippen LogP contribution is 2.28. The molecule has 1 saturated heterocycles. The summed E-state index contributed by atoms with van der Waals surface area (Å²) in [6, 6.07) is 0. The monoisotopic (exact) mass is 335 g/mol. The van der Waals surface area contributed by atoms with Crippen LogP contribution in [-0.4, -0.2) is 62.3 Å². The summed E-state index contributed by atoms with van der Waals surface area (Å²) in [7, 11) is 0. The van der Waals surface area contributed by atoms with Crippen LogP contribution in [-0.2, 0) is 6.54 Å². The second-order valence-corrected chi connectivity index (χ2v) is 6.75. The van der Waals surface area contributed by atoms with E-state index in [1.807, 2.05) is 0 Å². The third-order valence-corrected chi connectivity index (χ3v) is 4.54. The predicted octanol–water partition coefficient (Wildman–Crippen LogP) is 0.396. The number of fused-ring (bicyclic) bond motifs is 2. The van der Waals surface area contributed by atoms with Gasteiger partial charge in [0.15, 0.2) is 11.4 Å². The lowest BCUT2D eigenvalue weighted by atomic mass is 10.1. The molecule has 2 aliphatic heterocycles. The largest absolute Gasteiger partial charge is 0.503 e. The fourth-order valence-electron chi connectivity index (χ4n) is 3.55. The fraction of sp³-hybridized carbons (Fsp3) is 0.562. The Kier molecular flexibility index (Phi) is 4.08. The first-order valence-electron chi connectivity index (χ1n) is 8.06. The van der Waals surface area contributed by atoms with Crippen LogP contribution in [0.15, 0.2) is 11.0 Å². The quantitative estimate of drug-likeness (QED) is 0.828. The molecule has 1 amide bonds. The van der Waals surface area contributed by atoms with Gasteiger partial charge < -0.3 is 19.7 Å². The smallest absolute Gasteiger partial charge is 0.341 e. The summed E-state index contributed by atoms with van der Waals surface area (Å²) in [5, 5.41) is 19.2. The lowest BCUT2D eigenvalue weighted by Gasteiger charge is -2.47. The highest BCUT2D eigenvalue weighted by molar-refractivity contribution is 5.97. The lowest BCUT2D eigenvalue weighted by Crippen LogP contribution is -2.61. The Morgan fingerprint density at radius 2 is 2.04 bits per heavy atom. The molecule has 8 nitrogen and oxygen atoms in total. The Morgan fingerprint density at radius 1 is 1.33 bits per heavy atom. The zero-order valence-corrected chi connectivity index (χ0v) is 13.7. The molecule has 1 unspecified atom stereocenters. The summed E-state index contributed by atoms with van der Waals surface area (Å²) < 4.78 is 1.41. The second kappa shape index (κ2) is 5.94. The first-order chi connectivity index (χ1) is 11.3. The molecular weight excluding hydrogens is 314 g/mol. The van der Waals surface area contributed by atoms with Crippen molar-refractivity contribution in [2.24, 2.45) is 5.92 Å². The number of amides is 1. The van der Waals surface area contributed by atoms with Crippen molar-refractivity contribution in [1.82, 2.24) is 14.4 Å². The SMILES string of the molecule is CC(C)CN1CCCN2C(=O)c3c(O)c(=O)c(C(=O)O)cn3CC12. The molecular formula is C16H21N3O5. The van der Waals surface area contributed by atoms with Crippen LogP contribution in [0.25, 0.3) is 0 Å². The van der Waals surface area contributed by atoms with Gasteiger partial charge >= 0.3 is 5.97 Å². The van der Waals surface area contributed by atoms with E-state index in [0.717, 1.165) is 25.7 Å². The standard InChI is InChI=1S/C16H21N3O5/c1-9(2)6-17-4-3-5-19-11(17)8-18-7-10(16(23)24)13(20)14(21)12(18)15(19)22/h7,9,11,21H,3-6,8H2,1-2H3,(H,23,24). The number of pyridine rings is 1. The Hall–Kier alpha value is -2.35. The summed E-state index contributed by atoms with van der Waals surface area (Å²) in [5.74, 6) is -2.19. The maximum absolute atomic E-state index is 12.8. The first kappa shape index (κ1) is 16.5. The van der Waals surface area contributed by atoms with Gasteiger partial charge in [-0.3, -0.25) is 14.5 Å². The average Bonchev–Trinajstić information content (AvgIpc) is 2.50. The summed E-state index contributed by atoms with van der Waals surface area (Å²) in [6.45, 7) is 6.78. The average molecular weight is 335 g/mol. The van der Waals surface area contributed by atoms with Crippen molar-refractivity contribution < 1.29 is 19.8 Å². The highest BCUT2D eigenvalue weighted by atomic mass is 16.4. The van der Waals surface area contributed by atoms with Crippen molar-refractivity contribution in [3.8, 4) is 5.75 Å². The van der Waals surface area contributed by atoms with Crippen molar-refractivity contribution in [3.05, 3.63) is 27.7 Å². The van der Waals surface area contributed by atoms with Crippen molar-refractivity contribution in [2.75, 3.05) is 19.6 Å². The zero-order chi connectivity index (χ0) is 17.6. The lowest BCUT2D eigenvalue weighted by molar-refractivity contribution is -0.0147.